The summed E-state index contributed by atoms with van der Waals surface area (Å²) in [5.41, 5.74) is 0.703. The molecule has 1 aromatic carbocycles. The van der Waals surface area contributed by atoms with Crippen LogP contribution in [0.25, 0.3) is 0 Å². The molecule has 0 aliphatic rings. The fourth-order valence-corrected chi connectivity index (χ4v) is 1.22. The summed E-state index contributed by atoms with van der Waals surface area (Å²) in [6.45, 7) is 5.67. The van der Waals surface area contributed by atoms with Gasteiger partial charge in [-0.1, -0.05) is 12.2 Å². The van der Waals surface area contributed by atoms with Crippen LogP contribution in [0, 0.1) is 0 Å². The number of aromatic carboxylic acids is 1. The number of hydrogen-bond acceptors (Lipinski definition) is 3. The van der Waals surface area contributed by atoms with Gasteiger partial charge in [0.15, 0.2) is 0 Å². The van der Waals surface area contributed by atoms with Crippen LogP contribution < -0.4 is 10.6 Å². The van der Waals surface area contributed by atoms with E-state index in [1.807, 2.05) is 0 Å². The van der Waals surface area contributed by atoms with Gasteiger partial charge in [-0.3, -0.25) is 0 Å². The highest BCUT2D eigenvalue weighted by Gasteiger charge is 2.13. The lowest BCUT2D eigenvalue weighted by Gasteiger charge is -2.10. The number of aromatic hydroxyl groups is 1. The number of carbonyl (C=O) groups is 2. The molecule has 0 unspecified atom stereocenters. The Hall–Kier alpha value is -2.50. The number of phenols is 1. The lowest BCUT2D eigenvalue weighted by Crippen LogP contribution is -2.30. The molecule has 1 aromatic rings. The number of carboxylic acid groups (broad SMARTS) is 1. The largest absolute Gasteiger partial charge is 0.508 e. The van der Waals surface area contributed by atoms with Gasteiger partial charge in [0.1, 0.15) is 5.75 Å². The number of hydrogen-bond donors (Lipinski definition) is 4. The zero-order valence-electron chi connectivity index (χ0n) is 9.86. The van der Waals surface area contributed by atoms with Crippen molar-refractivity contribution < 1.29 is 19.8 Å². The maximum absolute atomic E-state index is 11.5. The Labute approximate surface area is 104 Å². The van der Waals surface area contributed by atoms with E-state index >= 15 is 0 Å². The van der Waals surface area contributed by atoms with Crippen LogP contribution in [0.1, 0.15) is 17.3 Å². The number of amides is 2. The van der Waals surface area contributed by atoms with Crippen LogP contribution in [-0.2, 0) is 0 Å². The summed E-state index contributed by atoms with van der Waals surface area (Å²) in [7, 11) is 0. The lowest BCUT2D eigenvalue weighted by atomic mass is 10.1. The van der Waals surface area contributed by atoms with Gasteiger partial charge in [0, 0.05) is 6.54 Å². The third kappa shape index (κ3) is 3.82. The molecular weight excluding hydrogens is 236 g/mol. The first kappa shape index (κ1) is 13.6. The number of carboxylic acids is 1. The molecule has 0 radical (unpaired) electrons. The third-order valence-electron chi connectivity index (χ3n) is 2.03. The summed E-state index contributed by atoms with van der Waals surface area (Å²) >= 11 is 0. The van der Waals surface area contributed by atoms with E-state index in [9.17, 15) is 14.7 Å². The van der Waals surface area contributed by atoms with Crippen molar-refractivity contribution in [1.82, 2.24) is 5.32 Å². The number of anilines is 1. The van der Waals surface area contributed by atoms with E-state index in [2.05, 4.69) is 17.2 Å². The molecule has 18 heavy (non-hydrogen) atoms. The van der Waals surface area contributed by atoms with Gasteiger partial charge in [0.05, 0.1) is 11.3 Å². The van der Waals surface area contributed by atoms with Crippen molar-refractivity contribution in [2.75, 3.05) is 11.9 Å². The van der Waals surface area contributed by atoms with E-state index in [4.69, 9.17) is 5.11 Å². The number of phenolic OH excluding ortho intramolecular Hbond substituents is 1. The summed E-state index contributed by atoms with van der Waals surface area (Å²) in [6.07, 6.45) is 0. The minimum absolute atomic E-state index is 0.111. The van der Waals surface area contributed by atoms with Crippen LogP contribution in [0.5, 0.6) is 5.75 Å². The van der Waals surface area contributed by atoms with Crippen LogP contribution >= 0.6 is 0 Å². The molecule has 0 aliphatic carbocycles. The molecule has 96 valence electrons. The molecule has 0 aromatic heterocycles. The Morgan fingerprint density at radius 2 is 2.06 bits per heavy atom. The van der Waals surface area contributed by atoms with E-state index in [0.29, 0.717) is 6.54 Å². The second-order valence-corrected chi connectivity index (χ2v) is 3.80. The van der Waals surface area contributed by atoms with E-state index in [-0.39, 0.29) is 17.0 Å². The van der Waals surface area contributed by atoms with Crippen LogP contribution in [0.2, 0.25) is 0 Å². The van der Waals surface area contributed by atoms with Gasteiger partial charge in [0.2, 0.25) is 0 Å². The molecule has 0 heterocycles. The molecule has 6 heteroatoms. The SMILES string of the molecule is C=C(C)CNC(=O)Nc1ccc(O)cc1C(=O)O. The van der Waals surface area contributed by atoms with Crippen molar-refractivity contribution in [3.63, 3.8) is 0 Å². The summed E-state index contributed by atoms with van der Waals surface area (Å²) in [5.74, 6) is -1.42. The predicted molar refractivity (Wildman–Crippen MR) is 66.9 cm³/mol. The molecule has 0 bridgehead atoms. The van der Waals surface area contributed by atoms with Gasteiger partial charge in [-0.15, -0.1) is 0 Å². The average molecular weight is 250 g/mol. The Morgan fingerprint density at radius 3 is 2.61 bits per heavy atom. The second kappa shape index (κ2) is 5.72. The molecule has 6 nitrogen and oxygen atoms in total. The van der Waals surface area contributed by atoms with Gasteiger partial charge in [-0.25, -0.2) is 9.59 Å². The first-order chi connectivity index (χ1) is 8.40. The lowest BCUT2D eigenvalue weighted by molar-refractivity contribution is 0.0697. The summed E-state index contributed by atoms with van der Waals surface area (Å²) in [5, 5.41) is 23.0. The first-order valence-electron chi connectivity index (χ1n) is 5.15. The maximum Gasteiger partial charge on any atom is 0.337 e. The zero-order chi connectivity index (χ0) is 13.7. The van der Waals surface area contributed by atoms with Crippen molar-refractivity contribution in [2.24, 2.45) is 0 Å². The van der Waals surface area contributed by atoms with Crippen molar-refractivity contribution >= 4 is 17.7 Å². The van der Waals surface area contributed by atoms with E-state index in [1.165, 1.54) is 12.1 Å². The molecule has 0 saturated heterocycles. The number of nitrogens with one attached hydrogen (secondary N) is 2. The average Bonchev–Trinajstić information content (AvgIpc) is 2.28. The molecule has 4 N–H and O–H groups in total. The Kier molecular flexibility index (Phi) is 4.31. The molecule has 0 spiro atoms. The summed E-state index contributed by atoms with van der Waals surface area (Å²) in [6, 6.07) is 3.14. The van der Waals surface area contributed by atoms with Gasteiger partial charge in [-0.05, 0) is 25.1 Å². The van der Waals surface area contributed by atoms with Crippen LogP contribution in [-0.4, -0.2) is 28.8 Å². The number of benzene rings is 1. The standard InChI is InChI=1S/C12H14N2O4/c1-7(2)6-13-12(18)14-10-4-3-8(15)5-9(10)11(16)17/h3-5,15H,1,6H2,2H3,(H,16,17)(H2,13,14,18). The molecule has 0 saturated carbocycles. The highest BCUT2D eigenvalue weighted by molar-refractivity contribution is 6.00. The van der Waals surface area contributed by atoms with E-state index in [1.54, 1.807) is 6.92 Å². The minimum Gasteiger partial charge on any atom is -0.508 e. The summed E-state index contributed by atoms with van der Waals surface area (Å²) < 4.78 is 0. The molecule has 1 rings (SSSR count). The maximum atomic E-state index is 11.5. The zero-order valence-corrected chi connectivity index (χ0v) is 9.86. The first-order valence-corrected chi connectivity index (χ1v) is 5.15. The predicted octanol–water partition coefficient (Wildman–Crippen LogP) is 1.79. The second-order valence-electron chi connectivity index (χ2n) is 3.80. The smallest absolute Gasteiger partial charge is 0.337 e. The highest BCUT2D eigenvalue weighted by atomic mass is 16.4. The number of urea groups is 1. The number of carbonyl (C=O) groups excluding carboxylic acids is 1. The van der Waals surface area contributed by atoms with Crippen molar-refractivity contribution in [2.45, 2.75) is 6.92 Å². The van der Waals surface area contributed by atoms with Crippen LogP contribution in [0.15, 0.2) is 30.4 Å². The Morgan fingerprint density at radius 1 is 1.39 bits per heavy atom. The molecule has 2 amide bonds. The Balaban J connectivity index is 2.81. The van der Waals surface area contributed by atoms with E-state index < -0.39 is 12.0 Å². The van der Waals surface area contributed by atoms with Gasteiger partial charge < -0.3 is 20.8 Å². The van der Waals surface area contributed by atoms with Gasteiger partial charge >= 0.3 is 12.0 Å². The van der Waals surface area contributed by atoms with Crippen molar-refractivity contribution in [3.8, 4) is 5.75 Å². The highest BCUT2D eigenvalue weighted by Crippen LogP contribution is 2.21. The van der Waals surface area contributed by atoms with E-state index in [0.717, 1.165) is 11.6 Å². The molecule has 0 atom stereocenters. The van der Waals surface area contributed by atoms with Gasteiger partial charge in [0.25, 0.3) is 0 Å². The monoisotopic (exact) mass is 250 g/mol. The minimum atomic E-state index is -1.24. The third-order valence-corrected chi connectivity index (χ3v) is 2.03. The van der Waals surface area contributed by atoms with Crippen LogP contribution in [0.3, 0.4) is 0 Å². The summed E-state index contributed by atoms with van der Waals surface area (Å²) in [4.78, 5) is 22.4. The Bertz CT molecular complexity index is 497. The molecule has 0 fully saturated rings. The van der Waals surface area contributed by atoms with Crippen LogP contribution in [0.4, 0.5) is 10.5 Å². The van der Waals surface area contributed by atoms with Crippen molar-refractivity contribution in [3.05, 3.63) is 35.9 Å². The van der Waals surface area contributed by atoms with Gasteiger partial charge in [-0.2, -0.15) is 0 Å². The molecule has 0 aliphatic heterocycles. The quantitative estimate of drug-likeness (QED) is 0.483. The van der Waals surface area contributed by atoms with Crippen molar-refractivity contribution in [1.29, 1.82) is 0 Å². The molecular formula is C12H14N2O4. The number of rotatable bonds is 4. The topological polar surface area (TPSA) is 98.7 Å². The fraction of sp³-hybridized carbons (Fsp3) is 0.167. The fourth-order valence-electron chi connectivity index (χ4n) is 1.22. The normalized spacial score (nSPS) is 9.61.